The lowest BCUT2D eigenvalue weighted by Gasteiger charge is -2.36. The largest absolute Gasteiger partial charge is 0.495 e. The van der Waals surface area contributed by atoms with Crippen molar-refractivity contribution in [1.29, 1.82) is 0 Å². The number of carbonyl (C=O) groups excluding carboxylic acids is 1. The summed E-state index contributed by atoms with van der Waals surface area (Å²) >= 11 is 3.32. The third kappa shape index (κ3) is 4.94. The van der Waals surface area contributed by atoms with Gasteiger partial charge in [0.1, 0.15) is 11.6 Å². The maximum Gasteiger partial charge on any atom is 0.258 e. The fraction of sp³-hybridized carbons (Fsp3) is 0.208. The number of hydrogen-bond donors (Lipinski definition) is 1. The molecule has 0 saturated carbocycles. The molecule has 1 fully saturated rings. The maximum atomic E-state index is 14.5. The van der Waals surface area contributed by atoms with E-state index in [1.165, 1.54) is 10.4 Å². The van der Waals surface area contributed by atoms with Gasteiger partial charge >= 0.3 is 0 Å². The quantitative estimate of drug-likeness (QED) is 0.496. The first kappa shape index (κ1) is 24.2. The molecule has 1 aliphatic rings. The molecule has 1 N–H and O–H groups in total. The monoisotopic (exact) mass is 547 g/mol. The number of rotatable bonds is 6. The van der Waals surface area contributed by atoms with Crippen LogP contribution in [-0.4, -0.2) is 51.9 Å². The van der Waals surface area contributed by atoms with Crippen molar-refractivity contribution >= 4 is 43.2 Å². The first-order valence-electron chi connectivity index (χ1n) is 10.5. The molecule has 1 heterocycles. The third-order valence-electron chi connectivity index (χ3n) is 5.61. The van der Waals surface area contributed by atoms with Crippen LogP contribution in [0, 0.1) is 5.82 Å². The predicted octanol–water partition coefficient (Wildman–Crippen LogP) is 4.36. The minimum absolute atomic E-state index is 0.128. The van der Waals surface area contributed by atoms with E-state index in [4.69, 9.17) is 4.74 Å². The Morgan fingerprint density at radius 3 is 2.38 bits per heavy atom. The Morgan fingerprint density at radius 1 is 1.00 bits per heavy atom. The van der Waals surface area contributed by atoms with Gasteiger partial charge in [0, 0.05) is 30.7 Å². The number of sulfonamides is 1. The number of ether oxygens (including phenoxy) is 1. The first-order valence-corrected chi connectivity index (χ1v) is 12.8. The van der Waals surface area contributed by atoms with E-state index >= 15 is 0 Å². The Morgan fingerprint density at radius 2 is 1.68 bits per heavy atom. The molecule has 1 aliphatic heterocycles. The molecule has 4 rings (SSSR count). The van der Waals surface area contributed by atoms with E-state index in [1.807, 2.05) is 24.3 Å². The fourth-order valence-electron chi connectivity index (χ4n) is 3.80. The van der Waals surface area contributed by atoms with Gasteiger partial charge in [-0.1, -0.05) is 24.3 Å². The number of amides is 1. The second-order valence-electron chi connectivity index (χ2n) is 7.64. The SMILES string of the molecule is COc1ccccc1N1CCN(S(=O)(=O)c2ccc(F)c(C(=O)Nc3ccccc3Br)c2)CC1. The summed E-state index contributed by atoms with van der Waals surface area (Å²) in [5, 5.41) is 2.61. The Labute approximate surface area is 206 Å². The van der Waals surface area contributed by atoms with Crippen LogP contribution in [0.25, 0.3) is 0 Å². The van der Waals surface area contributed by atoms with Crippen molar-refractivity contribution in [3.8, 4) is 5.75 Å². The Kier molecular flexibility index (Phi) is 7.20. The zero-order chi connectivity index (χ0) is 24.3. The van der Waals surface area contributed by atoms with Gasteiger partial charge in [-0.3, -0.25) is 4.79 Å². The van der Waals surface area contributed by atoms with Crippen LogP contribution >= 0.6 is 15.9 Å². The lowest BCUT2D eigenvalue weighted by Crippen LogP contribution is -2.48. The highest BCUT2D eigenvalue weighted by Crippen LogP contribution is 2.30. The molecule has 0 unspecified atom stereocenters. The molecule has 0 aliphatic carbocycles. The van der Waals surface area contributed by atoms with Crippen LogP contribution in [0.1, 0.15) is 10.4 Å². The lowest BCUT2D eigenvalue weighted by molar-refractivity contribution is 0.102. The molecule has 0 spiro atoms. The summed E-state index contributed by atoms with van der Waals surface area (Å²) in [4.78, 5) is 14.6. The van der Waals surface area contributed by atoms with E-state index in [0.717, 1.165) is 23.6 Å². The van der Waals surface area contributed by atoms with Gasteiger partial charge in [-0.15, -0.1) is 0 Å². The van der Waals surface area contributed by atoms with Crippen LogP contribution < -0.4 is 15.0 Å². The molecule has 1 saturated heterocycles. The fourth-order valence-corrected chi connectivity index (χ4v) is 5.63. The maximum absolute atomic E-state index is 14.5. The van der Waals surface area contributed by atoms with Crippen LogP contribution in [0.2, 0.25) is 0 Å². The highest BCUT2D eigenvalue weighted by Gasteiger charge is 2.30. The number of nitrogens with zero attached hydrogens (tertiary/aromatic N) is 2. The molecule has 34 heavy (non-hydrogen) atoms. The Bertz CT molecular complexity index is 1310. The van der Waals surface area contributed by atoms with Crippen LogP contribution in [-0.2, 0) is 10.0 Å². The molecular formula is C24H23BrFN3O4S. The van der Waals surface area contributed by atoms with Gasteiger partial charge in [0.2, 0.25) is 10.0 Å². The van der Waals surface area contributed by atoms with Gasteiger partial charge in [0.05, 0.1) is 28.9 Å². The number of para-hydroxylation sites is 3. The smallest absolute Gasteiger partial charge is 0.258 e. The zero-order valence-corrected chi connectivity index (χ0v) is 20.8. The summed E-state index contributed by atoms with van der Waals surface area (Å²) in [7, 11) is -2.32. The van der Waals surface area contributed by atoms with Crippen LogP contribution in [0.3, 0.4) is 0 Å². The summed E-state index contributed by atoms with van der Waals surface area (Å²) in [6.07, 6.45) is 0. The van der Waals surface area contributed by atoms with Crippen molar-refractivity contribution in [2.75, 3.05) is 43.5 Å². The molecule has 1 amide bonds. The molecule has 3 aromatic rings. The normalized spacial score (nSPS) is 14.6. The molecule has 0 radical (unpaired) electrons. The summed E-state index contributed by atoms with van der Waals surface area (Å²) in [5.74, 6) is -0.815. The molecule has 0 atom stereocenters. The molecular weight excluding hydrogens is 525 g/mol. The van der Waals surface area contributed by atoms with Gasteiger partial charge in [0.25, 0.3) is 5.91 Å². The van der Waals surface area contributed by atoms with Gasteiger partial charge < -0.3 is 15.0 Å². The number of methoxy groups -OCH3 is 1. The highest BCUT2D eigenvalue weighted by molar-refractivity contribution is 9.10. The first-order chi connectivity index (χ1) is 16.3. The number of hydrogen-bond acceptors (Lipinski definition) is 5. The summed E-state index contributed by atoms with van der Waals surface area (Å²) in [5.41, 5.74) is 1.01. The van der Waals surface area contributed by atoms with Crippen LogP contribution in [0.4, 0.5) is 15.8 Å². The lowest BCUT2D eigenvalue weighted by atomic mass is 10.2. The minimum Gasteiger partial charge on any atom is -0.495 e. The molecule has 7 nitrogen and oxygen atoms in total. The van der Waals surface area contributed by atoms with Crippen molar-refractivity contribution in [1.82, 2.24) is 4.31 Å². The van der Waals surface area contributed by atoms with E-state index in [0.29, 0.717) is 23.2 Å². The molecule has 178 valence electrons. The van der Waals surface area contributed by atoms with Gasteiger partial charge in [-0.25, -0.2) is 12.8 Å². The van der Waals surface area contributed by atoms with Crippen molar-refractivity contribution in [3.05, 3.63) is 82.6 Å². The second kappa shape index (κ2) is 10.1. The third-order valence-corrected chi connectivity index (χ3v) is 8.19. The van der Waals surface area contributed by atoms with Crippen molar-refractivity contribution < 1.29 is 22.3 Å². The average molecular weight is 548 g/mol. The minimum atomic E-state index is -3.92. The summed E-state index contributed by atoms with van der Waals surface area (Å²) in [6.45, 7) is 1.43. The predicted molar refractivity (Wildman–Crippen MR) is 132 cm³/mol. The number of benzene rings is 3. The zero-order valence-electron chi connectivity index (χ0n) is 18.4. The van der Waals surface area contributed by atoms with Gasteiger partial charge in [-0.05, 0) is 58.4 Å². The van der Waals surface area contributed by atoms with Crippen LogP contribution in [0.5, 0.6) is 5.75 Å². The van der Waals surface area contributed by atoms with Gasteiger partial charge in [0.15, 0.2) is 0 Å². The average Bonchev–Trinajstić information content (AvgIpc) is 2.85. The number of halogens is 2. The highest BCUT2D eigenvalue weighted by atomic mass is 79.9. The van der Waals surface area contributed by atoms with E-state index in [9.17, 15) is 17.6 Å². The van der Waals surface area contributed by atoms with Crippen molar-refractivity contribution in [3.63, 3.8) is 0 Å². The number of carbonyl (C=O) groups is 1. The van der Waals surface area contributed by atoms with Crippen molar-refractivity contribution in [2.45, 2.75) is 4.90 Å². The second-order valence-corrected chi connectivity index (χ2v) is 10.4. The van der Waals surface area contributed by atoms with E-state index in [2.05, 4.69) is 26.1 Å². The number of nitrogens with one attached hydrogen (secondary N) is 1. The summed E-state index contributed by atoms with van der Waals surface area (Å²) < 4.78 is 48.4. The molecule has 0 bridgehead atoms. The standard InChI is InChI=1S/C24H23BrFN3O4S/c1-33-23-9-5-4-8-22(23)28-12-14-29(15-13-28)34(31,32)17-10-11-20(26)18(16-17)24(30)27-21-7-3-2-6-19(21)25/h2-11,16H,12-15H2,1H3,(H,27,30). The molecule has 10 heteroatoms. The van der Waals surface area contributed by atoms with Crippen LogP contribution in [0.15, 0.2) is 76.1 Å². The number of piperazine rings is 1. The van der Waals surface area contributed by atoms with E-state index < -0.39 is 21.7 Å². The van der Waals surface area contributed by atoms with E-state index in [1.54, 1.807) is 31.4 Å². The molecule has 3 aromatic carbocycles. The Hall–Kier alpha value is -2.95. The van der Waals surface area contributed by atoms with Gasteiger partial charge in [-0.2, -0.15) is 4.31 Å². The Balaban J connectivity index is 1.52. The molecule has 0 aromatic heterocycles. The number of anilines is 2. The van der Waals surface area contributed by atoms with E-state index in [-0.39, 0.29) is 23.5 Å². The summed E-state index contributed by atoms with van der Waals surface area (Å²) in [6, 6.07) is 17.7. The topological polar surface area (TPSA) is 79.0 Å². The van der Waals surface area contributed by atoms with Crippen molar-refractivity contribution in [2.24, 2.45) is 0 Å².